The molecule has 0 spiro atoms. The molecule has 2 N–H and O–H groups in total. The van der Waals surface area contributed by atoms with Crippen LogP contribution in [-0.4, -0.2) is 34.3 Å². The number of fused-ring (bicyclic) bond motifs is 1. The molecule has 1 atom stereocenters. The van der Waals surface area contributed by atoms with E-state index in [0.29, 0.717) is 12.2 Å². The van der Waals surface area contributed by atoms with Crippen molar-refractivity contribution in [1.82, 2.24) is 9.88 Å². The lowest BCUT2D eigenvalue weighted by atomic mass is 9.98. The number of nitrogens with zero attached hydrogens (tertiary/aromatic N) is 2. The summed E-state index contributed by atoms with van der Waals surface area (Å²) in [7, 11) is 0. The average molecular weight is 297 g/mol. The van der Waals surface area contributed by atoms with Crippen molar-refractivity contribution in [2.45, 2.75) is 31.7 Å². The molecule has 2 aromatic rings. The summed E-state index contributed by atoms with van der Waals surface area (Å²) in [6.45, 7) is 0.658. The number of para-hydroxylation sites is 1. The molecule has 22 heavy (non-hydrogen) atoms. The van der Waals surface area contributed by atoms with Crippen LogP contribution in [-0.2, 0) is 4.79 Å². The van der Waals surface area contributed by atoms with Crippen LogP contribution in [0.15, 0.2) is 36.4 Å². The summed E-state index contributed by atoms with van der Waals surface area (Å²) in [6, 6.07) is 11.3. The van der Waals surface area contributed by atoms with Crippen molar-refractivity contribution in [3.05, 3.63) is 42.1 Å². The van der Waals surface area contributed by atoms with Gasteiger partial charge in [-0.25, -0.2) is 4.98 Å². The van der Waals surface area contributed by atoms with Gasteiger partial charge in [0.25, 0.3) is 5.91 Å². The van der Waals surface area contributed by atoms with Gasteiger partial charge in [0.1, 0.15) is 5.69 Å². The van der Waals surface area contributed by atoms with Crippen LogP contribution >= 0.6 is 0 Å². The van der Waals surface area contributed by atoms with Crippen LogP contribution in [0.3, 0.4) is 0 Å². The predicted octanol–water partition coefficient (Wildman–Crippen LogP) is 2.10. The quantitative estimate of drug-likeness (QED) is 0.942. The highest BCUT2D eigenvalue weighted by atomic mass is 16.2. The first-order chi connectivity index (χ1) is 10.6. The molecule has 1 saturated heterocycles. The molecule has 5 heteroatoms. The first-order valence-electron chi connectivity index (χ1n) is 7.60. The minimum Gasteiger partial charge on any atom is -0.370 e. The molecule has 1 fully saturated rings. The Morgan fingerprint density at radius 1 is 1.18 bits per heavy atom. The molecule has 0 aliphatic carbocycles. The number of carbonyl (C=O) groups is 2. The lowest BCUT2D eigenvalue weighted by molar-refractivity contribution is -0.119. The number of aromatic nitrogens is 1. The number of nitrogens with two attached hydrogens (primary N) is 1. The lowest BCUT2D eigenvalue weighted by Gasteiger charge is -2.35. The highest BCUT2D eigenvalue weighted by Gasteiger charge is 2.29. The van der Waals surface area contributed by atoms with Gasteiger partial charge in [-0.1, -0.05) is 24.3 Å². The topological polar surface area (TPSA) is 76.3 Å². The number of hydrogen-bond acceptors (Lipinski definition) is 3. The van der Waals surface area contributed by atoms with Gasteiger partial charge in [0.15, 0.2) is 0 Å². The number of likely N-dealkylation sites (tertiary alicyclic amines) is 1. The third-order valence-electron chi connectivity index (χ3n) is 4.14. The van der Waals surface area contributed by atoms with Gasteiger partial charge in [-0.15, -0.1) is 0 Å². The molecule has 0 bridgehead atoms. The summed E-state index contributed by atoms with van der Waals surface area (Å²) in [5.41, 5.74) is 6.53. The van der Waals surface area contributed by atoms with Crippen LogP contribution in [0.4, 0.5) is 0 Å². The Morgan fingerprint density at radius 2 is 2.00 bits per heavy atom. The number of pyridine rings is 1. The molecule has 1 aromatic carbocycles. The van der Waals surface area contributed by atoms with Gasteiger partial charge in [0.2, 0.25) is 5.91 Å². The standard InChI is InChI=1S/C17H19N3O2/c18-16(21)11-13-6-3-4-10-20(13)17(22)15-9-8-12-5-1-2-7-14(12)19-15/h1-2,5,7-9,13H,3-4,6,10-11H2,(H2,18,21). The second kappa shape index (κ2) is 6.13. The largest absolute Gasteiger partial charge is 0.370 e. The molecule has 114 valence electrons. The highest BCUT2D eigenvalue weighted by Crippen LogP contribution is 2.22. The average Bonchev–Trinajstić information content (AvgIpc) is 2.54. The fraction of sp³-hybridized carbons (Fsp3) is 0.353. The van der Waals surface area contributed by atoms with E-state index >= 15 is 0 Å². The van der Waals surface area contributed by atoms with Gasteiger partial charge in [-0.05, 0) is 31.4 Å². The van der Waals surface area contributed by atoms with Crippen LogP contribution in [0.25, 0.3) is 10.9 Å². The molecule has 1 aromatic heterocycles. The van der Waals surface area contributed by atoms with Crippen molar-refractivity contribution >= 4 is 22.7 Å². The fourth-order valence-corrected chi connectivity index (χ4v) is 3.04. The number of piperidine rings is 1. The minimum atomic E-state index is -0.365. The van der Waals surface area contributed by atoms with Crippen LogP contribution < -0.4 is 5.73 Å². The number of carbonyl (C=O) groups excluding carboxylic acids is 2. The summed E-state index contributed by atoms with van der Waals surface area (Å²) in [4.78, 5) is 30.2. The van der Waals surface area contributed by atoms with E-state index in [-0.39, 0.29) is 24.3 Å². The Kier molecular flexibility index (Phi) is 4.04. The summed E-state index contributed by atoms with van der Waals surface area (Å²) in [5, 5.41) is 1.01. The summed E-state index contributed by atoms with van der Waals surface area (Å²) >= 11 is 0. The van der Waals surface area contributed by atoms with Gasteiger partial charge >= 0.3 is 0 Å². The maximum absolute atomic E-state index is 12.7. The smallest absolute Gasteiger partial charge is 0.272 e. The maximum Gasteiger partial charge on any atom is 0.272 e. The maximum atomic E-state index is 12.7. The van der Waals surface area contributed by atoms with E-state index in [4.69, 9.17) is 5.73 Å². The Labute approximate surface area is 129 Å². The second-order valence-electron chi connectivity index (χ2n) is 5.71. The van der Waals surface area contributed by atoms with E-state index in [1.54, 1.807) is 11.0 Å². The fourth-order valence-electron chi connectivity index (χ4n) is 3.04. The Morgan fingerprint density at radius 3 is 2.82 bits per heavy atom. The van der Waals surface area contributed by atoms with Crippen LogP contribution in [0.1, 0.15) is 36.2 Å². The Bertz CT molecular complexity index is 714. The van der Waals surface area contributed by atoms with Crippen LogP contribution in [0, 0.1) is 0 Å². The number of rotatable bonds is 3. The molecule has 3 rings (SSSR count). The van der Waals surface area contributed by atoms with Gasteiger partial charge in [-0.2, -0.15) is 0 Å². The van der Waals surface area contributed by atoms with Crippen molar-refractivity contribution in [2.24, 2.45) is 5.73 Å². The van der Waals surface area contributed by atoms with E-state index in [0.717, 1.165) is 30.2 Å². The number of benzene rings is 1. The molecule has 2 amide bonds. The molecule has 1 aliphatic rings. The van der Waals surface area contributed by atoms with Crippen LogP contribution in [0.5, 0.6) is 0 Å². The third kappa shape index (κ3) is 2.93. The SMILES string of the molecule is NC(=O)CC1CCCCN1C(=O)c1ccc2ccccc2n1. The minimum absolute atomic E-state index is 0.105. The zero-order valence-electron chi connectivity index (χ0n) is 12.4. The Hall–Kier alpha value is -2.43. The molecule has 0 saturated carbocycles. The van der Waals surface area contributed by atoms with Gasteiger partial charge in [-0.3, -0.25) is 9.59 Å². The van der Waals surface area contributed by atoms with Gasteiger partial charge in [0.05, 0.1) is 5.52 Å². The molecule has 1 unspecified atom stereocenters. The molecule has 0 radical (unpaired) electrons. The van der Waals surface area contributed by atoms with E-state index in [1.165, 1.54) is 0 Å². The molecular weight excluding hydrogens is 278 g/mol. The molecule has 5 nitrogen and oxygen atoms in total. The van der Waals surface area contributed by atoms with Crippen molar-refractivity contribution in [3.63, 3.8) is 0 Å². The third-order valence-corrected chi connectivity index (χ3v) is 4.14. The zero-order valence-corrected chi connectivity index (χ0v) is 12.4. The van der Waals surface area contributed by atoms with Gasteiger partial charge in [0, 0.05) is 24.4 Å². The summed E-state index contributed by atoms with van der Waals surface area (Å²) in [5.74, 6) is -0.479. The van der Waals surface area contributed by atoms with Gasteiger partial charge < -0.3 is 10.6 Å². The number of amides is 2. The summed E-state index contributed by atoms with van der Waals surface area (Å²) in [6.07, 6.45) is 3.02. The van der Waals surface area contributed by atoms with Crippen molar-refractivity contribution in [1.29, 1.82) is 0 Å². The van der Waals surface area contributed by atoms with E-state index in [1.807, 2.05) is 30.3 Å². The van der Waals surface area contributed by atoms with E-state index < -0.39 is 0 Å². The first-order valence-corrected chi connectivity index (χ1v) is 7.60. The summed E-state index contributed by atoms with van der Waals surface area (Å²) < 4.78 is 0. The molecular formula is C17H19N3O2. The zero-order chi connectivity index (χ0) is 15.5. The normalized spacial score (nSPS) is 18.4. The predicted molar refractivity (Wildman–Crippen MR) is 84.2 cm³/mol. The van der Waals surface area contributed by atoms with Crippen LogP contribution in [0.2, 0.25) is 0 Å². The monoisotopic (exact) mass is 297 g/mol. The van der Waals surface area contributed by atoms with E-state index in [2.05, 4.69) is 4.98 Å². The lowest BCUT2D eigenvalue weighted by Crippen LogP contribution is -2.45. The van der Waals surface area contributed by atoms with Crippen molar-refractivity contribution in [2.75, 3.05) is 6.54 Å². The number of primary amides is 1. The Balaban J connectivity index is 1.87. The second-order valence-corrected chi connectivity index (χ2v) is 5.71. The first kappa shape index (κ1) is 14.5. The number of hydrogen-bond donors (Lipinski definition) is 1. The highest BCUT2D eigenvalue weighted by molar-refractivity contribution is 5.95. The van der Waals surface area contributed by atoms with Crippen molar-refractivity contribution in [3.8, 4) is 0 Å². The van der Waals surface area contributed by atoms with E-state index in [9.17, 15) is 9.59 Å². The molecule has 1 aliphatic heterocycles. The molecule has 2 heterocycles. The van der Waals surface area contributed by atoms with Crippen molar-refractivity contribution < 1.29 is 9.59 Å².